The van der Waals surface area contributed by atoms with E-state index < -0.39 is 0 Å². The minimum atomic E-state index is -0.166. The van der Waals surface area contributed by atoms with Gasteiger partial charge >= 0.3 is 0 Å². The molecule has 2 rings (SSSR count). The molecule has 1 fully saturated rings. The molecule has 106 valence electrons. The largest absolute Gasteiger partial charge is 0.396 e. The highest BCUT2D eigenvalue weighted by Gasteiger charge is 2.20. The van der Waals surface area contributed by atoms with Gasteiger partial charge in [-0.3, -0.25) is 4.90 Å². The van der Waals surface area contributed by atoms with Crippen molar-refractivity contribution in [1.82, 2.24) is 4.90 Å². The van der Waals surface area contributed by atoms with Crippen molar-refractivity contribution in [1.29, 1.82) is 0 Å². The molecule has 1 aliphatic heterocycles. The van der Waals surface area contributed by atoms with E-state index in [-0.39, 0.29) is 5.82 Å². The van der Waals surface area contributed by atoms with Gasteiger partial charge < -0.3 is 5.11 Å². The number of hydrogen-bond donors (Lipinski definition) is 1. The zero-order chi connectivity index (χ0) is 13.7. The Morgan fingerprint density at radius 3 is 2.47 bits per heavy atom. The average Bonchev–Trinajstić information content (AvgIpc) is 2.43. The van der Waals surface area contributed by atoms with E-state index in [9.17, 15) is 4.39 Å². The maximum Gasteiger partial charge on any atom is 0.123 e. The van der Waals surface area contributed by atoms with Gasteiger partial charge in [-0.2, -0.15) is 0 Å². The van der Waals surface area contributed by atoms with Gasteiger partial charge in [0.2, 0.25) is 0 Å². The molecule has 0 radical (unpaired) electrons. The smallest absolute Gasteiger partial charge is 0.123 e. The lowest BCUT2D eigenvalue weighted by molar-refractivity contribution is 0.145. The van der Waals surface area contributed by atoms with Crippen molar-refractivity contribution in [2.75, 3.05) is 19.7 Å². The summed E-state index contributed by atoms with van der Waals surface area (Å²) in [6.07, 6.45) is 3.57. The Labute approximate surface area is 115 Å². The zero-order valence-corrected chi connectivity index (χ0v) is 11.7. The van der Waals surface area contributed by atoms with Gasteiger partial charge in [0.25, 0.3) is 0 Å². The van der Waals surface area contributed by atoms with Crippen molar-refractivity contribution in [2.45, 2.75) is 32.7 Å². The van der Waals surface area contributed by atoms with Crippen molar-refractivity contribution in [2.24, 2.45) is 11.8 Å². The normalized spacial score (nSPS) is 19.5. The first-order valence-electron chi connectivity index (χ1n) is 7.25. The highest BCUT2D eigenvalue weighted by Crippen LogP contribution is 2.24. The first-order chi connectivity index (χ1) is 9.17. The second kappa shape index (κ2) is 7.01. The lowest BCUT2D eigenvalue weighted by Crippen LogP contribution is -2.33. The Hall–Kier alpha value is -0.930. The van der Waals surface area contributed by atoms with E-state index in [1.54, 1.807) is 0 Å². The van der Waals surface area contributed by atoms with Crippen LogP contribution in [0.2, 0.25) is 0 Å². The molecule has 0 aliphatic carbocycles. The quantitative estimate of drug-likeness (QED) is 0.884. The highest BCUT2D eigenvalue weighted by molar-refractivity contribution is 5.15. The van der Waals surface area contributed by atoms with Gasteiger partial charge in [0, 0.05) is 13.2 Å². The van der Waals surface area contributed by atoms with E-state index in [4.69, 9.17) is 5.11 Å². The van der Waals surface area contributed by atoms with Crippen molar-refractivity contribution in [3.63, 3.8) is 0 Å². The fraction of sp³-hybridized carbons (Fsp3) is 0.625. The molecule has 1 aromatic rings. The molecule has 1 heterocycles. The lowest BCUT2D eigenvalue weighted by Gasteiger charge is -2.33. The van der Waals surface area contributed by atoms with Gasteiger partial charge in [0.1, 0.15) is 5.82 Å². The topological polar surface area (TPSA) is 23.5 Å². The summed E-state index contributed by atoms with van der Waals surface area (Å²) in [5.74, 6) is 1.01. The molecule has 0 bridgehead atoms. The average molecular weight is 265 g/mol. The number of aliphatic hydroxyl groups excluding tert-OH is 1. The van der Waals surface area contributed by atoms with E-state index in [2.05, 4.69) is 11.8 Å². The van der Waals surface area contributed by atoms with Crippen LogP contribution in [0.25, 0.3) is 0 Å². The molecule has 1 unspecified atom stereocenters. The highest BCUT2D eigenvalue weighted by atomic mass is 19.1. The van der Waals surface area contributed by atoms with Gasteiger partial charge in [-0.1, -0.05) is 19.1 Å². The Kier molecular flexibility index (Phi) is 5.34. The molecule has 0 aromatic heterocycles. The van der Waals surface area contributed by atoms with Gasteiger partial charge in [0.15, 0.2) is 0 Å². The summed E-state index contributed by atoms with van der Waals surface area (Å²) in [6, 6.07) is 6.81. The van der Waals surface area contributed by atoms with Gasteiger partial charge in [-0.15, -0.1) is 0 Å². The van der Waals surface area contributed by atoms with E-state index >= 15 is 0 Å². The minimum Gasteiger partial charge on any atom is -0.396 e. The third-order valence-corrected chi connectivity index (χ3v) is 4.07. The van der Waals surface area contributed by atoms with Crippen molar-refractivity contribution >= 4 is 0 Å². The first-order valence-corrected chi connectivity index (χ1v) is 7.25. The van der Waals surface area contributed by atoms with Crippen LogP contribution < -0.4 is 0 Å². The Morgan fingerprint density at radius 2 is 1.89 bits per heavy atom. The summed E-state index contributed by atoms with van der Waals surface area (Å²) in [6.45, 7) is 5.56. The molecule has 19 heavy (non-hydrogen) atoms. The fourth-order valence-corrected chi connectivity index (χ4v) is 2.87. The van der Waals surface area contributed by atoms with Crippen LogP contribution in [0, 0.1) is 17.7 Å². The summed E-state index contributed by atoms with van der Waals surface area (Å²) in [4.78, 5) is 2.44. The molecule has 1 N–H and O–H groups in total. The van der Waals surface area contributed by atoms with Gasteiger partial charge in [0.05, 0.1) is 0 Å². The van der Waals surface area contributed by atoms with Crippen LogP contribution in [0.4, 0.5) is 4.39 Å². The number of halogens is 1. The Morgan fingerprint density at radius 1 is 1.26 bits per heavy atom. The van der Waals surface area contributed by atoms with E-state index in [1.807, 2.05) is 12.1 Å². The molecule has 0 amide bonds. The van der Waals surface area contributed by atoms with E-state index in [0.717, 1.165) is 32.0 Å². The van der Waals surface area contributed by atoms with Crippen molar-refractivity contribution in [3.05, 3.63) is 35.6 Å². The molecule has 3 heteroatoms. The van der Waals surface area contributed by atoms with Crippen LogP contribution >= 0.6 is 0 Å². The number of rotatable bonds is 5. The number of piperidine rings is 1. The van der Waals surface area contributed by atoms with Crippen LogP contribution in [-0.4, -0.2) is 29.7 Å². The second-order valence-corrected chi connectivity index (χ2v) is 5.87. The zero-order valence-electron chi connectivity index (χ0n) is 11.7. The third-order valence-electron chi connectivity index (χ3n) is 4.07. The molecule has 2 nitrogen and oxygen atoms in total. The molecule has 0 spiro atoms. The Balaban J connectivity index is 1.75. The van der Waals surface area contributed by atoms with Crippen molar-refractivity contribution < 1.29 is 9.50 Å². The predicted octanol–water partition coefficient (Wildman–Crippen LogP) is 3.06. The van der Waals surface area contributed by atoms with Gasteiger partial charge in [-0.05, 0) is 61.9 Å². The second-order valence-electron chi connectivity index (χ2n) is 5.87. The summed E-state index contributed by atoms with van der Waals surface area (Å²) in [7, 11) is 0. The predicted molar refractivity (Wildman–Crippen MR) is 75.3 cm³/mol. The monoisotopic (exact) mass is 265 g/mol. The molecular formula is C16H24FNO. The third kappa shape index (κ3) is 4.59. The summed E-state index contributed by atoms with van der Waals surface area (Å²) in [5, 5.41) is 9.09. The number of likely N-dealkylation sites (tertiary alicyclic amines) is 1. The summed E-state index contributed by atoms with van der Waals surface area (Å²) >= 11 is 0. The SMILES string of the molecule is CC(CO)CC1CCN(Cc2ccc(F)cc2)CC1. The molecule has 0 saturated carbocycles. The summed E-state index contributed by atoms with van der Waals surface area (Å²) in [5.41, 5.74) is 1.18. The lowest BCUT2D eigenvalue weighted by atomic mass is 9.88. The molecule has 1 aliphatic rings. The number of aliphatic hydroxyl groups is 1. The fourth-order valence-electron chi connectivity index (χ4n) is 2.87. The van der Waals surface area contributed by atoms with Crippen LogP contribution in [0.15, 0.2) is 24.3 Å². The molecular weight excluding hydrogens is 241 g/mol. The van der Waals surface area contributed by atoms with E-state index in [0.29, 0.717) is 12.5 Å². The van der Waals surface area contributed by atoms with Crippen molar-refractivity contribution in [3.8, 4) is 0 Å². The molecule has 1 atom stereocenters. The number of hydrogen-bond acceptors (Lipinski definition) is 2. The first kappa shape index (κ1) is 14.5. The van der Waals surface area contributed by atoms with Gasteiger partial charge in [-0.25, -0.2) is 4.39 Å². The maximum absolute atomic E-state index is 12.8. The summed E-state index contributed by atoms with van der Waals surface area (Å²) < 4.78 is 12.8. The Bertz CT molecular complexity index is 371. The minimum absolute atomic E-state index is 0.166. The van der Waals surface area contributed by atoms with Crippen LogP contribution in [-0.2, 0) is 6.54 Å². The standard InChI is InChI=1S/C16H24FNO/c1-13(12-19)10-14-6-8-18(9-7-14)11-15-2-4-16(17)5-3-15/h2-5,13-14,19H,6-12H2,1H3. The number of benzene rings is 1. The maximum atomic E-state index is 12.8. The molecule has 1 saturated heterocycles. The van der Waals surface area contributed by atoms with Crippen LogP contribution in [0.5, 0.6) is 0 Å². The van der Waals surface area contributed by atoms with E-state index in [1.165, 1.54) is 30.5 Å². The van der Waals surface area contributed by atoms with Crippen LogP contribution in [0.3, 0.4) is 0 Å². The van der Waals surface area contributed by atoms with Crippen LogP contribution in [0.1, 0.15) is 31.7 Å². The molecule has 1 aromatic carbocycles. The number of nitrogens with zero attached hydrogens (tertiary/aromatic N) is 1.